The topological polar surface area (TPSA) is 106 Å². The number of para-hydroxylation sites is 1. The van der Waals surface area contributed by atoms with Crippen LogP contribution in [-0.2, 0) is 33.8 Å². The predicted octanol–water partition coefficient (Wildman–Crippen LogP) is 0.0169. The van der Waals surface area contributed by atoms with E-state index in [4.69, 9.17) is 14.2 Å². The van der Waals surface area contributed by atoms with Crippen LogP contribution in [0.1, 0.15) is 0 Å². The summed E-state index contributed by atoms with van der Waals surface area (Å²) in [7, 11) is 0.464. The molecule has 164 valence electrons. The first-order valence-electron chi connectivity index (χ1n) is 9.34. The number of benzene rings is 1. The first-order chi connectivity index (χ1) is 14.3. The largest absolute Gasteiger partial charge is 0.466 e. The molecule has 10 nitrogen and oxygen atoms in total. The van der Waals surface area contributed by atoms with E-state index >= 15 is 0 Å². The van der Waals surface area contributed by atoms with Crippen molar-refractivity contribution in [1.29, 1.82) is 0 Å². The maximum absolute atomic E-state index is 13.4. The maximum Gasteiger partial charge on any atom is 0.355 e. The van der Waals surface area contributed by atoms with E-state index in [-0.39, 0.29) is 35.2 Å². The number of hydrogen-bond donors (Lipinski definition) is 0. The minimum atomic E-state index is -3.85. The molecule has 0 aliphatic carbocycles. The second-order valence-corrected chi connectivity index (χ2v) is 8.80. The Morgan fingerprint density at radius 2 is 1.63 bits per heavy atom. The minimum Gasteiger partial charge on any atom is -0.466 e. The van der Waals surface area contributed by atoms with Gasteiger partial charge in [0.25, 0.3) is 0 Å². The summed E-state index contributed by atoms with van der Waals surface area (Å²) in [5.41, 5.74) is 0.0805. The van der Waals surface area contributed by atoms with Crippen molar-refractivity contribution >= 4 is 27.6 Å². The number of anilines is 1. The van der Waals surface area contributed by atoms with E-state index in [1.165, 1.54) is 29.5 Å². The maximum atomic E-state index is 13.4. The third-order valence-corrected chi connectivity index (χ3v) is 7.02. The van der Waals surface area contributed by atoms with Gasteiger partial charge in [-0.15, -0.1) is 0 Å². The number of nitrogens with zero attached hydrogens (tertiary/aromatic N) is 3. The van der Waals surface area contributed by atoms with E-state index in [1.54, 1.807) is 18.2 Å². The number of rotatable bonds is 5. The number of hydrogen-bond acceptors (Lipinski definition) is 9. The summed E-state index contributed by atoms with van der Waals surface area (Å²) < 4.78 is 43.3. The van der Waals surface area contributed by atoms with Gasteiger partial charge in [-0.05, 0) is 19.2 Å². The lowest BCUT2D eigenvalue weighted by Gasteiger charge is -2.35. The zero-order chi connectivity index (χ0) is 21.9. The highest BCUT2D eigenvalue weighted by Gasteiger charge is 2.36. The number of carbonyl (C=O) groups is 2. The summed E-state index contributed by atoms with van der Waals surface area (Å²) in [6.07, 6.45) is 0. The Bertz CT molecular complexity index is 953. The molecule has 2 aliphatic heterocycles. The summed E-state index contributed by atoms with van der Waals surface area (Å²) in [4.78, 5) is 28.1. The van der Waals surface area contributed by atoms with Crippen LogP contribution < -0.4 is 4.90 Å². The van der Waals surface area contributed by atoms with Crippen LogP contribution in [0.2, 0.25) is 0 Å². The van der Waals surface area contributed by atoms with E-state index in [0.717, 1.165) is 0 Å². The molecule has 11 heteroatoms. The summed E-state index contributed by atoms with van der Waals surface area (Å²) >= 11 is 0. The zero-order valence-corrected chi connectivity index (χ0v) is 18.0. The molecule has 0 N–H and O–H groups in total. The van der Waals surface area contributed by atoms with Gasteiger partial charge in [-0.25, -0.2) is 18.0 Å². The first-order valence-corrected chi connectivity index (χ1v) is 10.8. The molecule has 0 unspecified atom stereocenters. The zero-order valence-electron chi connectivity index (χ0n) is 17.2. The lowest BCUT2D eigenvalue weighted by atomic mass is 10.1. The fourth-order valence-electron chi connectivity index (χ4n) is 3.40. The van der Waals surface area contributed by atoms with Crippen LogP contribution in [0.4, 0.5) is 5.69 Å². The highest BCUT2D eigenvalue weighted by atomic mass is 32.2. The smallest absolute Gasteiger partial charge is 0.355 e. The molecule has 0 spiro atoms. The Balaban J connectivity index is 2.10. The van der Waals surface area contributed by atoms with Crippen LogP contribution in [0, 0.1) is 0 Å². The first kappa shape index (κ1) is 22.2. The van der Waals surface area contributed by atoms with Gasteiger partial charge in [0, 0.05) is 26.2 Å². The van der Waals surface area contributed by atoms with Crippen LogP contribution in [0.3, 0.4) is 0 Å². The predicted molar refractivity (Wildman–Crippen MR) is 107 cm³/mol. The Morgan fingerprint density at radius 3 is 2.27 bits per heavy atom. The summed E-state index contributed by atoms with van der Waals surface area (Å²) in [6.45, 7) is 1.68. The fourth-order valence-corrected chi connectivity index (χ4v) is 5.01. The number of esters is 2. The third-order valence-electron chi connectivity index (χ3n) is 5.07. The number of sulfonamides is 1. The van der Waals surface area contributed by atoms with Crippen molar-refractivity contribution in [2.45, 2.75) is 4.90 Å². The van der Waals surface area contributed by atoms with E-state index < -0.39 is 22.0 Å². The molecule has 0 saturated carbocycles. The van der Waals surface area contributed by atoms with Gasteiger partial charge >= 0.3 is 11.9 Å². The molecule has 2 aliphatic rings. The quantitative estimate of drug-likeness (QED) is 0.587. The number of carbonyl (C=O) groups excluding carboxylic acids is 2. The van der Waals surface area contributed by atoms with Gasteiger partial charge in [0.1, 0.15) is 17.3 Å². The molecule has 0 radical (unpaired) electrons. The lowest BCUT2D eigenvalue weighted by Crippen LogP contribution is -2.47. The van der Waals surface area contributed by atoms with E-state index in [9.17, 15) is 18.0 Å². The van der Waals surface area contributed by atoms with Crippen molar-refractivity contribution in [1.82, 2.24) is 9.21 Å². The standard InChI is InChI=1S/C19H25N3O7S/c1-20-8-10-21(11-9-20)30(25,26)16-7-5-4-6-15(16)22-13-29-12-14(18(23)27-2)17(22)19(24)28-3/h4-7H,8-13H2,1-3H3. The van der Waals surface area contributed by atoms with E-state index in [0.29, 0.717) is 26.2 Å². The van der Waals surface area contributed by atoms with Crippen LogP contribution in [-0.4, -0.2) is 90.3 Å². The number of ether oxygens (including phenoxy) is 3. The summed E-state index contributed by atoms with van der Waals surface area (Å²) in [5.74, 6) is -1.54. The lowest BCUT2D eigenvalue weighted by molar-refractivity contribution is -0.140. The van der Waals surface area contributed by atoms with Gasteiger partial charge in [-0.1, -0.05) is 12.1 Å². The molecule has 0 amide bonds. The Morgan fingerprint density at radius 1 is 1.00 bits per heavy atom. The third kappa shape index (κ3) is 4.19. The van der Waals surface area contributed by atoms with Gasteiger partial charge in [0.2, 0.25) is 10.0 Å². The molecule has 0 aromatic heterocycles. The molecular formula is C19H25N3O7S. The fraction of sp³-hybridized carbons (Fsp3) is 0.474. The highest BCUT2D eigenvalue weighted by molar-refractivity contribution is 7.89. The molecule has 1 aromatic rings. The second-order valence-electron chi connectivity index (χ2n) is 6.89. The van der Waals surface area contributed by atoms with Gasteiger partial charge in [0.05, 0.1) is 32.1 Å². The van der Waals surface area contributed by atoms with Crippen LogP contribution in [0.5, 0.6) is 0 Å². The second kappa shape index (κ2) is 9.13. The van der Waals surface area contributed by atoms with Gasteiger partial charge in [0.15, 0.2) is 0 Å². The van der Waals surface area contributed by atoms with Crippen molar-refractivity contribution in [3.63, 3.8) is 0 Å². The molecule has 0 atom stereocenters. The van der Waals surface area contributed by atoms with Crippen molar-refractivity contribution in [3.05, 3.63) is 35.5 Å². The highest BCUT2D eigenvalue weighted by Crippen LogP contribution is 2.33. The normalized spacial score (nSPS) is 19.0. The Labute approximate surface area is 175 Å². The summed E-state index contributed by atoms with van der Waals surface area (Å²) in [5, 5.41) is 0. The molecule has 1 aromatic carbocycles. The van der Waals surface area contributed by atoms with E-state index in [2.05, 4.69) is 4.90 Å². The average Bonchev–Trinajstić information content (AvgIpc) is 2.77. The Hall–Kier alpha value is -2.47. The SMILES string of the molecule is COC(=O)C1=C(C(=O)OC)N(c2ccccc2S(=O)(=O)N2CCN(C)CC2)COC1. The summed E-state index contributed by atoms with van der Waals surface area (Å²) in [6, 6.07) is 6.31. The minimum absolute atomic E-state index is 0.0191. The van der Waals surface area contributed by atoms with Gasteiger partial charge < -0.3 is 24.0 Å². The molecule has 30 heavy (non-hydrogen) atoms. The number of methoxy groups -OCH3 is 2. The molecule has 1 saturated heterocycles. The molecule has 2 heterocycles. The molecule has 0 bridgehead atoms. The van der Waals surface area contributed by atoms with Crippen LogP contribution in [0.25, 0.3) is 0 Å². The monoisotopic (exact) mass is 439 g/mol. The number of piperazine rings is 1. The van der Waals surface area contributed by atoms with Crippen molar-refractivity contribution in [2.24, 2.45) is 0 Å². The van der Waals surface area contributed by atoms with E-state index in [1.807, 2.05) is 7.05 Å². The average molecular weight is 439 g/mol. The van der Waals surface area contributed by atoms with Crippen LogP contribution >= 0.6 is 0 Å². The van der Waals surface area contributed by atoms with Gasteiger partial charge in [-0.3, -0.25) is 0 Å². The van der Waals surface area contributed by atoms with Crippen LogP contribution in [0.15, 0.2) is 40.4 Å². The Kier molecular flexibility index (Phi) is 6.76. The molecule has 1 fully saturated rings. The number of likely N-dealkylation sites (N-methyl/N-ethyl adjacent to an activating group) is 1. The van der Waals surface area contributed by atoms with Crippen molar-refractivity contribution < 1.29 is 32.2 Å². The van der Waals surface area contributed by atoms with Crippen molar-refractivity contribution in [2.75, 3.05) is 65.7 Å². The van der Waals surface area contributed by atoms with Crippen molar-refractivity contribution in [3.8, 4) is 0 Å². The molecule has 3 rings (SSSR count). The van der Waals surface area contributed by atoms with Gasteiger partial charge in [-0.2, -0.15) is 4.31 Å². The molecular weight excluding hydrogens is 414 g/mol.